The Morgan fingerprint density at radius 2 is 1.81 bits per heavy atom. The van der Waals surface area contributed by atoms with Crippen molar-refractivity contribution in [2.45, 2.75) is 39.5 Å². The number of carbonyl (C=O) groups excluding carboxylic acids is 1. The number of amides is 1. The minimum Gasteiger partial charge on any atom is -0.369 e. The summed E-state index contributed by atoms with van der Waals surface area (Å²) in [6.07, 6.45) is 4.66. The van der Waals surface area contributed by atoms with Crippen molar-refractivity contribution in [3.63, 3.8) is 0 Å². The number of hydrogen-bond donors (Lipinski definition) is 2. The Labute approximate surface area is 162 Å². The molecule has 0 spiro atoms. The Bertz CT molecular complexity index is 795. The van der Waals surface area contributed by atoms with Crippen molar-refractivity contribution in [1.29, 1.82) is 0 Å². The molecule has 144 valence electrons. The molecule has 4 rings (SSSR count). The van der Waals surface area contributed by atoms with E-state index in [1.54, 1.807) is 0 Å². The molecule has 0 unspecified atom stereocenters. The highest BCUT2D eigenvalue weighted by Crippen LogP contribution is 2.29. The Morgan fingerprint density at radius 1 is 1.11 bits per heavy atom. The minimum absolute atomic E-state index is 0. The molecule has 2 aliphatic rings. The summed E-state index contributed by atoms with van der Waals surface area (Å²) in [6.45, 7) is 4.09. The number of carbonyl (C=O) groups is 1. The van der Waals surface area contributed by atoms with Crippen LogP contribution in [-0.4, -0.2) is 37.1 Å². The maximum Gasteiger partial charge on any atom is 0.221 e. The van der Waals surface area contributed by atoms with Crippen molar-refractivity contribution in [2.24, 2.45) is 5.73 Å². The number of aryl methyl sites for hydroxylation is 1. The van der Waals surface area contributed by atoms with E-state index in [2.05, 4.69) is 28.4 Å². The number of pyridine rings is 1. The molecule has 1 aliphatic heterocycles. The van der Waals surface area contributed by atoms with Crippen molar-refractivity contribution < 1.29 is 4.79 Å². The zero-order valence-electron chi connectivity index (χ0n) is 15.1. The van der Waals surface area contributed by atoms with Gasteiger partial charge in [-0.05, 0) is 54.0 Å². The third-order valence-corrected chi connectivity index (χ3v) is 5.37. The maximum atomic E-state index is 11.1. The van der Waals surface area contributed by atoms with E-state index in [1.807, 2.05) is 12.1 Å². The largest absolute Gasteiger partial charge is 0.369 e. The highest BCUT2D eigenvalue weighted by atomic mass is 16.1. The topological polar surface area (TPSA) is 71.2 Å². The molecule has 3 N–H and O–H groups in total. The lowest BCUT2D eigenvalue weighted by molar-refractivity contribution is -0.117. The molecular weight excluding hydrogens is 336 g/mol. The fraction of sp³-hybridized carbons (Fsp3) is 0.455. The van der Waals surface area contributed by atoms with Gasteiger partial charge in [-0.2, -0.15) is 0 Å². The molecule has 0 atom stereocenters. The standard InChI is InChI=1S/C21H26N4O.CH4/c22-20(26)13-16-6-4-15(5-7-16)12-17-14-21(25-10-8-23-9-11-25)24-19-3-1-2-18(17)19;/h4-7,14,23H,1-3,8-13H2,(H2,22,26);1H4. The van der Waals surface area contributed by atoms with Crippen molar-refractivity contribution in [3.05, 3.63) is 58.3 Å². The predicted molar refractivity (Wildman–Crippen MR) is 110 cm³/mol. The molecule has 1 aromatic heterocycles. The van der Waals surface area contributed by atoms with Crippen molar-refractivity contribution >= 4 is 11.7 Å². The summed E-state index contributed by atoms with van der Waals surface area (Å²) in [5, 5.41) is 3.41. The molecule has 2 heterocycles. The number of aromatic nitrogens is 1. The van der Waals surface area contributed by atoms with Gasteiger partial charge in [-0.25, -0.2) is 4.98 Å². The summed E-state index contributed by atoms with van der Waals surface area (Å²) in [5.41, 5.74) is 11.7. The lowest BCUT2D eigenvalue weighted by atomic mass is 9.98. The number of nitrogens with two attached hydrogens (primary N) is 1. The van der Waals surface area contributed by atoms with E-state index in [-0.39, 0.29) is 13.3 Å². The van der Waals surface area contributed by atoms with Gasteiger partial charge >= 0.3 is 0 Å². The van der Waals surface area contributed by atoms with E-state index >= 15 is 0 Å². The quantitative estimate of drug-likeness (QED) is 0.851. The summed E-state index contributed by atoms with van der Waals surface area (Å²) < 4.78 is 0. The summed E-state index contributed by atoms with van der Waals surface area (Å²) in [5.74, 6) is 0.845. The van der Waals surface area contributed by atoms with Gasteiger partial charge in [0.2, 0.25) is 5.91 Å². The monoisotopic (exact) mass is 366 g/mol. The van der Waals surface area contributed by atoms with Crippen LogP contribution >= 0.6 is 0 Å². The Morgan fingerprint density at radius 3 is 2.52 bits per heavy atom. The van der Waals surface area contributed by atoms with Crippen LogP contribution in [0.15, 0.2) is 30.3 Å². The van der Waals surface area contributed by atoms with E-state index in [0.717, 1.165) is 56.8 Å². The van der Waals surface area contributed by atoms with Gasteiger partial charge in [-0.3, -0.25) is 4.79 Å². The number of fused-ring (bicyclic) bond motifs is 1. The molecule has 0 radical (unpaired) electrons. The number of primary amides is 1. The fourth-order valence-electron chi connectivity index (χ4n) is 4.02. The van der Waals surface area contributed by atoms with Crippen LogP contribution in [0.3, 0.4) is 0 Å². The lowest BCUT2D eigenvalue weighted by Crippen LogP contribution is -2.44. The summed E-state index contributed by atoms with van der Waals surface area (Å²) in [4.78, 5) is 18.4. The SMILES string of the molecule is C.NC(=O)Cc1ccc(Cc2cc(N3CCNCC3)nc3c2CCC3)cc1. The number of rotatable bonds is 5. The third-order valence-electron chi connectivity index (χ3n) is 5.37. The lowest BCUT2D eigenvalue weighted by Gasteiger charge is -2.29. The second-order valence-electron chi connectivity index (χ2n) is 7.29. The molecule has 2 aromatic rings. The van der Waals surface area contributed by atoms with E-state index in [1.165, 1.54) is 28.8 Å². The van der Waals surface area contributed by atoms with Crippen LogP contribution in [-0.2, 0) is 30.5 Å². The minimum atomic E-state index is -0.287. The average molecular weight is 367 g/mol. The number of hydrogen-bond acceptors (Lipinski definition) is 4. The molecule has 0 bridgehead atoms. The first kappa shape index (κ1) is 19.4. The zero-order chi connectivity index (χ0) is 17.9. The molecule has 1 fully saturated rings. The zero-order valence-corrected chi connectivity index (χ0v) is 15.1. The smallest absolute Gasteiger partial charge is 0.221 e. The van der Waals surface area contributed by atoms with Crippen molar-refractivity contribution in [3.8, 4) is 0 Å². The van der Waals surface area contributed by atoms with Gasteiger partial charge in [0, 0.05) is 31.9 Å². The van der Waals surface area contributed by atoms with Gasteiger partial charge in [0.25, 0.3) is 0 Å². The summed E-state index contributed by atoms with van der Waals surface area (Å²) in [7, 11) is 0. The first-order valence-electron chi connectivity index (χ1n) is 9.52. The van der Waals surface area contributed by atoms with Crippen LogP contribution in [0.5, 0.6) is 0 Å². The molecule has 27 heavy (non-hydrogen) atoms. The van der Waals surface area contributed by atoms with E-state index < -0.39 is 0 Å². The van der Waals surface area contributed by atoms with Gasteiger partial charge in [0.15, 0.2) is 0 Å². The predicted octanol–water partition coefficient (Wildman–Crippen LogP) is 2.23. The summed E-state index contributed by atoms with van der Waals surface area (Å²) >= 11 is 0. The Hall–Kier alpha value is -2.40. The third kappa shape index (κ3) is 4.48. The van der Waals surface area contributed by atoms with Crippen LogP contribution in [0.2, 0.25) is 0 Å². The molecule has 1 aromatic carbocycles. The van der Waals surface area contributed by atoms with Gasteiger partial charge in [0.1, 0.15) is 5.82 Å². The average Bonchev–Trinajstić information content (AvgIpc) is 3.12. The highest BCUT2D eigenvalue weighted by Gasteiger charge is 2.21. The molecule has 1 amide bonds. The highest BCUT2D eigenvalue weighted by molar-refractivity contribution is 5.76. The van der Waals surface area contributed by atoms with Gasteiger partial charge in [-0.15, -0.1) is 0 Å². The molecule has 5 heteroatoms. The molecular formula is C22H30N4O. The van der Waals surface area contributed by atoms with Crippen LogP contribution < -0.4 is 16.0 Å². The second-order valence-corrected chi connectivity index (χ2v) is 7.29. The Balaban J connectivity index is 0.00000210. The van der Waals surface area contributed by atoms with Crippen molar-refractivity contribution in [2.75, 3.05) is 31.1 Å². The number of nitrogens with zero attached hydrogens (tertiary/aromatic N) is 2. The van der Waals surface area contributed by atoms with E-state index in [9.17, 15) is 4.79 Å². The number of anilines is 1. The fourth-order valence-corrected chi connectivity index (χ4v) is 4.02. The van der Waals surface area contributed by atoms with E-state index in [0.29, 0.717) is 6.42 Å². The molecule has 5 nitrogen and oxygen atoms in total. The number of benzene rings is 1. The van der Waals surface area contributed by atoms with Crippen LogP contribution in [0.4, 0.5) is 5.82 Å². The van der Waals surface area contributed by atoms with E-state index in [4.69, 9.17) is 10.7 Å². The van der Waals surface area contributed by atoms with Crippen LogP contribution in [0.1, 0.15) is 41.8 Å². The molecule has 1 aliphatic carbocycles. The van der Waals surface area contributed by atoms with Gasteiger partial charge in [-0.1, -0.05) is 31.7 Å². The van der Waals surface area contributed by atoms with Gasteiger partial charge < -0.3 is 16.0 Å². The number of piperazine rings is 1. The van der Waals surface area contributed by atoms with Gasteiger partial charge in [0.05, 0.1) is 6.42 Å². The molecule has 1 saturated heterocycles. The molecule has 0 saturated carbocycles. The second kappa shape index (κ2) is 8.53. The van der Waals surface area contributed by atoms with Crippen LogP contribution in [0, 0.1) is 0 Å². The first-order chi connectivity index (χ1) is 12.7. The Kier molecular flexibility index (Phi) is 6.11. The summed E-state index contributed by atoms with van der Waals surface area (Å²) in [6, 6.07) is 10.6. The van der Waals surface area contributed by atoms with Crippen LogP contribution in [0.25, 0.3) is 0 Å². The maximum absolute atomic E-state index is 11.1. The van der Waals surface area contributed by atoms with Crippen molar-refractivity contribution in [1.82, 2.24) is 10.3 Å². The normalized spacial score (nSPS) is 15.9. The number of nitrogens with one attached hydrogen (secondary N) is 1. The first-order valence-corrected chi connectivity index (χ1v) is 9.52.